The minimum Gasteiger partial charge on any atom is -0.443 e. The van der Waals surface area contributed by atoms with Gasteiger partial charge in [-0.3, -0.25) is 14.0 Å². The molecule has 0 saturated carbocycles. The number of rotatable bonds is 11. The number of pyridine rings is 1. The van der Waals surface area contributed by atoms with Gasteiger partial charge >= 0.3 is 6.09 Å². The van der Waals surface area contributed by atoms with E-state index in [2.05, 4.69) is 20.8 Å². The van der Waals surface area contributed by atoms with Gasteiger partial charge in [-0.1, -0.05) is 43.8 Å². The Balaban J connectivity index is 0.00000481. The van der Waals surface area contributed by atoms with Crippen LogP contribution >= 0.6 is 0 Å². The zero-order valence-corrected chi connectivity index (χ0v) is 20.4. The molecule has 2 atom stereocenters. The molecule has 6 N–H and O–H groups in total. The van der Waals surface area contributed by atoms with E-state index in [0.29, 0.717) is 23.8 Å². The van der Waals surface area contributed by atoms with Gasteiger partial charge in [0.15, 0.2) is 11.5 Å². The molecule has 0 aliphatic heterocycles. The first-order valence-electron chi connectivity index (χ1n) is 11.3. The molecule has 0 radical (unpaired) electrons. The van der Waals surface area contributed by atoms with Gasteiger partial charge in [0.2, 0.25) is 11.8 Å². The van der Waals surface area contributed by atoms with Crippen LogP contribution in [-0.2, 0) is 32.3 Å². The van der Waals surface area contributed by atoms with E-state index in [1.54, 1.807) is 36.4 Å². The van der Waals surface area contributed by atoms with Crippen molar-refractivity contribution in [1.29, 1.82) is 0 Å². The lowest BCUT2D eigenvalue weighted by Gasteiger charge is -2.24. The number of aromatic nitrogens is 3. The molecular weight excluding hydrogens is 478 g/mol. The highest BCUT2D eigenvalue weighted by molar-refractivity contribution is 5.85. The average molecular weight is 514 g/mol. The van der Waals surface area contributed by atoms with Gasteiger partial charge in [-0.15, -0.1) is 10.2 Å². The maximum atomic E-state index is 12.7. The fourth-order valence-electron chi connectivity index (χ4n) is 3.19. The summed E-state index contributed by atoms with van der Waals surface area (Å²) >= 11 is 0. The number of benzene rings is 1. The quantitative estimate of drug-likeness (QED) is 0.299. The van der Waals surface area contributed by atoms with Gasteiger partial charge in [-0.05, 0) is 38.5 Å². The molecule has 0 unspecified atom stereocenters. The number of nitrogens with one attached hydrogen (secondary N) is 2. The SMILES string of the molecule is C.C[C@@H](NC(=O)OCc1cccc2nnc([C@@H](COCc3ccccc3)NC(=O)C(C)(C)N)n12)C(N)=O. The Kier molecular flexibility index (Phi) is 10.1. The minimum atomic E-state index is -1.14. The van der Waals surface area contributed by atoms with Crippen molar-refractivity contribution < 1.29 is 23.9 Å². The smallest absolute Gasteiger partial charge is 0.408 e. The molecule has 0 fully saturated rings. The summed E-state index contributed by atoms with van der Waals surface area (Å²) in [5.41, 5.74) is 12.0. The molecule has 3 amide bonds. The van der Waals surface area contributed by atoms with Crippen LogP contribution in [0.2, 0.25) is 0 Å². The summed E-state index contributed by atoms with van der Waals surface area (Å²) in [6, 6.07) is 13.2. The van der Waals surface area contributed by atoms with Gasteiger partial charge in [0, 0.05) is 0 Å². The number of fused-ring (bicyclic) bond motifs is 1. The summed E-state index contributed by atoms with van der Waals surface area (Å²) in [5, 5.41) is 13.7. The highest BCUT2D eigenvalue weighted by atomic mass is 16.5. The van der Waals surface area contributed by atoms with Crippen LogP contribution in [0, 0.1) is 0 Å². The molecular formula is C25H35N7O5. The lowest BCUT2D eigenvalue weighted by atomic mass is 10.1. The van der Waals surface area contributed by atoms with Crippen LogP contribution in [0.25, 0.3) is 5.65 Å². The number of carbonyl (C=O) groups excluding carboxylic acids is 3. The van der Waals surface area contributed by atoms with Crippen molar-refractivity contribution in [2.24, 2.45) is 11.5 Å². The molecule has 0 aliphatic carbocycles. The number of primary amides is 1. The summed E-state index contributed by atoms with van der Waals surface area (Å²) in [7, 11) is 0. The van der Waals surface area contributed by atoms with Gasteiger partial charge in [-0.2, -0.15) is 0 Å². The average Bonchev–Trinajstić information content (AvgIpc) is 3.26. The summed E-state index contributed by atoms with van der Waals surface area (Å²) in [4.78, 5) is 36.0. The zero-order valence-electron chi connectivity index (χ0n) is 20.4. The molecule has 3 rings (SSSR count). The van der Waals surface area contributed by atoms with Crippen molar-refractivity contribution in [2.75, 3.05) is 6.61 Å². The second-order valence-electron chi connectivity index (χ2n) is 8.86. The maximum absolute atomic E-state index is 12.7. The first-order valence-corrected chi connectivity index (χ1v) is 11.3. The lowest BCUT2D eigenvalue weighted by molar-refractivity contribution is -0.126. The van der Waals surface area contributed by atoms with E-state index in [1.807, 2.05) is 30.3 Å². The highest BCUT2D eigenvalue weighted by Crippen LogP contribution is 2.18. The van der Waals surface area contributed by atoms with Gasteiger partial charge in [0.1, 0.15) is 18.7 Å². The Morgan fingerprint density at radius 3 is 2.38 bits per heavy atom. The van der Waals surface area contributed by atoms with Crippen molar-refractivity contribution in [1.82, 2.24) is 25.2 Å². The Hall–Kier alpha value is -4.03. The molecule has 1 aromatic carbocycles. The first kappa shape index (κ1) is 29.2. The molecule has 3 aromatic rings. The van der Waals surface area contributed by atoms with E-state index in [1.165, 1.54) is 6.92 Å². The summed E-state index contributed by atoms with van der Waals surface area (Å²) in [6.07, 6.45) is -0.811. The van der Waals surface area contributed by atoms with Crippen LogP contribution in [0.15, 0.2) is 48.5 Å². The van der Waals surface area contributed by atoms with Crippen LogP contribution in [0.1, 0.15) is 51.3 Å². The van der Waals surface area contributed by atoms with Crippen molar-refractivity contribution >= 4 is 23.6 Å². The fourth-order valence-corrected chi connectivity index (χ4v) is 3.19. The second kappa shape index (κ2) is 12.8. The zero-order chi connectivity index (χ0) is 26.3. The van der Waals surface area contributed by atoms with E-state index in [-0.39, 0.29) is 20.6 Å². The van der Waals surface area contributed by atoms with Crippen LogP contribution in [0.4, 0.5) is 4.79 Å². The maximum Gasteiger partial charge on any atom is 0.408 e. The van der Waals surface area contributed by atoms with Gasteiger partial charge in [-0.25, -0.2) is 4.79 Å². The Bertz CT molecular complexity index is 1210. The third-order valence-electron chi connectivity index (χ3n) is 5.24. The van der Waals surface area contributed by atoms with E-state index in [9.17, 15) is 14.4 Å². The number of alkyl carbamates (subject to hydrolysis) is 1. The van der Waals surface area contributed by atoms with Crippen molar-refractivity contribution in [3.05, 3.63) is 65.6 Å². The van der Waals surface area contributed by atoms with Crippen molar-refractivity contribution in [3.8, 4) is 0 Å². The molecule has 0 saturated heterocycles. The van der Waals surface area contributed by atoms with Crippen molar-refractivity contribution in [2.45, 2.75) is 59.0 Å². The number of amides is 3. The second-order valence-corrected chi connectivity index (χ2v) is 8.86. The standard InChI is InChI=1S/C24H31N7O5.CH4/c1-15(20(25)32)27-23(34)36-13-17-10-7-11-19-29-30-21(31(17)19)18(28-22(33)24(2,3)26)14-35-12-16-8-5-4-6-9-16;/h4-11,15,18H,12-14,26H2,1-3H3,(H2,25,32)(H,27,34)(H,28,33);1H4/t15-,18-;/m1./s1. The van der Waals surface area contributed by atoms with E-state index in [0.717, 1.165) is 5.56 Å². The first-order chi connectivity index (χ1) is 17.1. The minimum absolute atomic E-state index is 0. The number of hydrogen-bond acceptors (Lipinski definition) is 8. The van der Waals surface area contributed by atoms with E-state index < -0.39 is 35.5 Å². The number of nitrogens with zero attached hydrogens (tertiary/aromatic N) is 3. The largest absolute Gasteiger partial charge is 0.443 e. The van der Waals surface area contributed by atoms with Gasteiger partial charge < -0.3 is 31.6 Å². The third-order valence-corrected chi connectivity index (χ3v) is 5.24. The Labute approximate surface area is 215 Å². The van der Waals surface area contributed by atoms with Crippen LogP contribution in [0.5, 0.6) is 0 Å². The molecule has 0 bridgehead atoms. The van der Waals surface area contributed by atoms with Gasteiger partial charge in [0.25, 0.3) is 0 Å². The number of carbonyl (C=O) groups is 3. The molecule has 200 valence electrons. The topological polar surface area (TPSA) is 176 Å². The molecule has 2 aromatic heterocycles. The summed E-state index contributed by atoms with van der Waals surface area (Å²) in [6.45, 7) is 4.89. The summed E-state index contributed by atoms with van der Waals surface area (Å²) in [5.74, 6) is -0.714. The van der Waals surface area contributed by atoms with Crippen LogP contribution in [-0.4, -0.2) is 50.7 Å². The van der Waals surface area contributed by atoms with Gasteiger partial charge in [0.05, 0.1) is 24.4 Å². The monoisotopic (exact) mass is 513 g/mol. The highest BCUT2D eigenvalue weighted by Gasteiger charge is 2.28. The third kappa shape index (κ3) is 7.98. The molecule has 12 heteroatoms. The summed E-state index contributed by atoms with van der Waals surface area (Å²) < 4.78 is 12.8. The molecule has 2 heterocycles. The van der Waals surface area contributed by atoms with Crippen LogP contribution in [0.3, 0.4) is 0 Å². The van der Waals surface area contributed by atoms with E-state index in [4.69, 9.17) is 20.9 Å². The fraction of sp³-hybridized carbons (Fsp3) is 0.400. The lowest BCUT2D eigenvalue weighted by Crippen LogP contribution is -2.51. The Morgan fingerprint density at radius 2 is 1.73 bits per heavy atom. The number of ether oxygens (including phenoxy) is 2. The Morgan fingerprint density at radius 1 is 1.03 bits per heavy atom. The number of hydrogen-bond donors (Lipinski definition) is 4. The van der Waals surface area contributed by atoms with E-state index >= 15 is 0 Å². The molecule has 0 aliphatic rings. The van der Waals surface area contributed by atoms with Crippen LogP contribution < -0.4 is 22.1 Å². The molecule has 37 heavy (non-hydrogen) atoms. The molecule has 0 spiro atoms. The van der Waals surface area contributed by atoms with Crippen molar-refractivity contribution in [3.63, 3.8) is 0 Å². The predicted molar refractivity (Wildman–Crippen MR) is 137 cm³/mol. The molecule has 12 nitrogen and oxygen atoms in total. The number of nitrogens with two attached hydrogens (primary N) is 2. The normalized spacial score (nSPS) is 12.8. The predicted octanol–water partition coefficient (Wildman–Crippen LogP) is 1.58.